The van der Waals surface area contributed by atoms with E-state index in [1.165, 1.54) is 6.07 Å². The van der Waals surface area contributed by atoms with Crippen LogP contribution in [0.4, 0.5) is 18.0 Å². The van der Waals surface area contributed by atoms with Gasteiger partial charge in [0, 0.05) is 12.0 Å². The van der Waals surface area contributed by atoms with E-state index >= 15 is 0 Å². The van der Waals surface area contributed by atoms with Gasteiger partial charge in [0.2, 0.25) is 6.10 Å². The summed E-state index contributed by atoms with van der Waals surface area (Å²) in [6.45, 7) is 0. The van der Waals surface area contributed by atoms with Gasteiger partial charge in [0.15, 0.2) is 6.10 Å². The van der Waals surface area contributed by atoms with Gasteiger partial charge in [0.1, 0.15) is 10.8 Å². The van der Waals surface area contributed by atoms with Crippen molar-refractivity contribution < 1.29 is 32.5 Å². The van der Waals surface area contributed by atoms with Crippen LogP contribution >= 0.6 is 34.8 Å². The van der Waals surface area contributed by atoms with Crippen LogP contribution in [0.25, 0.3) is 0 Å². The molecule has 0 spiro atoms. The second kappa shape index (κ2) is 5.62. The fourth-order valence-corrected chi connectivity index (χ4v) is 2.63. The Hall–Kier alpha value is -1.05. The minimum absolute atomic E-state index is 0.0172. The zero-order valence-electron chi connectivity index (χ0n) is 9.88. The zero-order valence-corrected chi connectivity index (χ0v) is 12.1. The monoisotopic (exact) mass is 364 g/mol. The number of alkyl halides is 3. The topological polar surface area (TPSA) is 55.8 Å². The third-order valence-corrected chi connectivity index (χ3v) is 4.02. The molecule has 1 aromatic rings. The lowest BCUT2D eigenvalue weighted by molar-refractivity contribution is -0.225. The first kappa shape index (κ1) is 16.3. The summed E-state index contributed by atoms with van der Waals surface area (Å²) in [5, 5.41) is 8.14. The molecule has 1 N–H and O–H groups in total. The van der Waals surface area contributed by atoms with Crippen LogP contribution in [0, 0.1) is 0 Å². The number of hydrogen-bond donors (Lipinski definition) is 1. The molecule has 0 saturated carbocycles. The average Bonchev–Trinajstić information content (AvgIpc) is 2.33. The van der Waals surface area contributed by atoms with Gasteiger partial charge in [0.25, 0.3) is 0 Å². The third kappa shape index (κ3) is 3.25. The number of carbonyl (C=O) groups is 1. The highest BCUT2D eigenvalue weighted by Gasteiger charge is 2.51. The van der Waals surface area contributed by atoms with Gasteiger partial charge in [0.05, 0.1) is 10.0 Å². The second-order valence-corrected chi connectivity index (χ2v) is 5.34. The van der Waals surface area contributed by atoms with Gasteiger partial charge in [-0.3, -0.25) is 0 Å². The lowest BCUT2D eigenvalue weighted by atomic mass is 9.99. The van der Waals surface area contributed by atoms with Gasteiger partial charge in [-0.25, -0.2) is 4.79 Å². The standard InChI is InChI=1S/C11H6Cl3F3O4/c12-4-1-3-2-5(20-10(18)19)9(11(15,16)17)21-8(3)7(14)6(4)13/h1,5,9H,2H2,(H,18,19)/t5-,9+/m0/s1. The molecule has 2 atom stereocenters. The van der Waals surface area contributed by atoms with E-state index in [2.05, 4.69) is 4.74 Å². The molecule has 4 nitrogen and oxygen atoms in total. The number of hydrogen-bond acceptors (Lipinski definition) is 3. The van der Waals surface area contributed by atoms with E-state index in [1.54, 1.807) is 0 Å². The van der Waals surface area contributed by atoms with Crippen molar-refractivity contribution in [2.24, 2.45) is 0 Å². The summed E-state index contributed by atoms with van der Waals surface area (Å²) in [5.41, 5.74) is 0.182. The summed E-state index contributed by atoms with van der Waals surface area (Å²) in [4.78, 5) is 10.5. The summed E-state index contributed by atoms with van der Waals surface area (Å²) in [5.74, 6) is -0.279. The largest absolute Gasteiger partial charge is 0.506 e. The van der Waals surface area contributed by atoms with Gasteiger partial charge < -0.3 is 14.6 Å². The molecule has 2 rings (SSSR count). The van der Waals surface area contributed by atoms with Crippen LogP contribution in [0.1, 0.15) is 5.56 Å². The molecule has 0 radical (unpaired) electrons. The van der Waals surface area contributed by atoms with Crippen molar-refractivity contribution in [1.29, 1.82) is 0 Å². The zero-order chi connectivity index (χ0) is 15.9. The minimum atomic E-state index is -4.84. The average molecular weight is 366 g/mol. The molecule has 0 bridgehead atoms. The predicted molar refractivity (Wildman–Crippen MR) is 68.5 cm³/mol. The Labute approximate surface area is 131 Å². The van der Waals surface area contributed by atoms with E-state index in [0.717, 1.165) is 0 Å². The van der Waals surface area contributed by atoms with E-state index in [-0.39, 0.29) is 32.8 Å². The molecule has 116 valence electrons. The molecule has 0 aromatic heterocycles. The molecule has 1 aliphatic rings. The SMILES string of the molecule is O=C(O)O[C@H]1Cc2cc(Cl)c(Cl)c(Cl)c2O[C@H]1C(F)(F)F. The molecule has 0 aliphatic carbocycles. The van der Waals surface area contributed by atoms with Crippen molar-refractivity contribution in [2.75, 3.05) is 0 Å². The van der Waals surface area contributed by atoms with Crippen molar-refractivity contribution in [3.63, 3.8) is 0 Å². The van der Waals surface area contributed by atoms with Gasteiger partial charge in [-0.05, 0) is 6.07 Å². The first-order valence-corrected chi connectivity index (χ1v) is 6.54. The number of ether oxygens (including phenoxy) is 2. The number of halogens is 6. The van der Waals surface area contributed by atoms with Crippen molar-refractivity contribution in [3.8, 4) is 5.75 Å². The predicted octanol–water partition coefficient (Wildman–Crippen LogP) is 4.58. The molecule has 21 heavy (non-hydrogen) atoms. The molecule has 0 amide bonds. The van der Waals surface area contributed by atoms with E-state index in [0.29, 0.717) is 0 Å². The quantitative estimate of drug-likeness (QED) is 0.585. The van der Waals surface area contributed by atoms with E-state index in [4.69, 9.17) is 44.6 Å². The van der Waals surface area contributed by atoms with Gasteiger partial charge in [-0.15, -0.1) is 0 Å². The van der Waals surface area contributed by atoms with E-state index in [9.17, 15) is 18.0 Å². The highest BCUT2D eigenvalue weighted by molar-refractivity contribution is 6.48. The normalized spacial score (nSPS) is 21.4. The summed E-state index contributed by atoms with van der Waals surface area (Å²) < 4.78 is 47.9. The fraction of sp³-hybridized carbons (Fsp3) is 0.364. The molecule has 1 aromatic carbocycles. The number of rotatable bonds is 1. The van der Waals surface area contributed by atoms with Crippen LogP contribution in [-0.4, -0.2) is 29.6 Å². The molecular formula is C11H6Cl3F3O4. The highest BCUT2D eigenvalue weighted by Crippen LogP contribution is 2.45. The Kier molecular flexibility index (Phi) is 4.37. The Bertz CT molecular complexity index is 591. The van der Waals surface area contributed by atoms with Crippen molar-refractivity contribution in [2.45, 2.75) is 24.8 Å². The maximum atomic E-state index is 12.9. The molecule has 1 heterocycles. The smallest absolute Gasteiger partial charge is 0.475 e. The maximum Gasteiger partial charge on any atom is 0.506 e. The van der Waals surface area contributed by atoms with E-state index < -0.39 is 24.5 Å². The number of fused-ring (bicyclic) bond motifs is 1. The van der Waals surface area contributed by atoms with Crippen LogP contribution in [0.3, 0.4) is 0 Å². The fourth-order valence-electron chi connectivity index (χ4n) is 1.94. The van der Waals surface area contributed by atoms with E-state index in [1.807, 2.05) is 0 Å². The van der Waals surface area contributed by atoms with Crippen molar-refractivity contribution in [3.05, 3.63) is 26.7 Å². The first-order valence-electron chi connectivity index (χ1n) is 5.40. The Morgan fingerprint density at radius 3 is 2.48 bits per heavy atom. The van der Waals surface area contributed by atoms with Gasteiger partial charge >= 0.3 is 12.3 Å². The summed E-state index contributed by atoms with van der Waals surface area (Å²) >= 11 is 17.3. The van der Waals surface area contributed by atoms with Crippen LogP contribution in [0.15, 0.2) is 6.07 Å². The Balaban J connectivity index is 2.47. The number of benzene rings is 1. The third-order valence-electron chi connectivity index (χ3n) is 2.77. The first-order chi connectivity index (χ1) is 9.61. The second-order valence-electron chi connectivity index (χ2n) is 4.18. The van der Waals surface area contributed by atoms with Crippen molar-refractivity contribution in [1.82, 2.24) is 0 Å². The van der Waals surface area contributed by atoms with Crippen LogP contribution in [0.2, 0.25) is 15.1 Å². The lowest BCUT2D eigenvalue weighted by Crippen LogP contribution is -2.49. The summed E-state index contributed by atoms with van der Waals surface area (Å²) in [6.07, 6.45) is -11.3. The molecule has 0 saturated heterocycles. The lowest BCUT2D eigenvalue weighted by Gasteiger charge is -2.34. The van der Waals surface area contributed by atoms with Crippen LogP contribution < -0.4 is 4.74 Å². The Morgan fingerprint density at radius 2 is 1.95 bits per heavy atom. The maximum absolute atomic E-state index is 12.9. The highest BCUT2D eigenvalue weighted by atomic mass is 35.5. The van der Waals surface area contributed by atoms with Crippen LogP contribution in [-0.2, 0) is 11.2 Å². The molecular weight excluding hydrogens is 359 g/mol. The molecule has 0 fully saturated rings. The van der Waals surface area contributed by atoms with Gasteiger partial charge in [-0.2, -0.15) is 13.2 Å². The van der Waals surface area contributed by atoms with Crippen molar-refractivity contribution >= 4 is 41.0 Å². The summed E-state index contributed by atoms with van der Waals surface area (Å²) in [6, 6.07) is 1.26. The minimum Gasteiger partial charge on any atom is -0.475 e. The Morgan fingerprint density at radius 1 is 1.33 bits per heavy atom. The summed E-state index contributed by atoms with van der Waals surface area (Å²) in [7, 11) is 0. The molecule has 0 unspecified atom stereocenters. The van der Waals surface area contributed by atoms with Gasteiger partial charge in [-0.1, -0.05) is 34.8 Å². The molecule has 1 aliphatic heterocycles. The number of carboxylic acid groups (broad SMARTS) is 1. The van der Waals surface area contributed by atoms with Crippen LogP contribution in [0.5, 0.6) is 5.75 Å². The molecule has 10 heteroatoms.